The van der Waals surface area contributed by atoms with Crippen LogP contribution in [0.5, 0.6) is 0 Å². The van der Waals surface area contributed by atoms with Gasteiger partial charge in [0.2, 0.25) is 0 Å². The molecule has 0 bridgehead atoms. The van der Waals surface area contributed by atoms with Crippen molar-refractivity contribution in [2.24, 2.45) is 0 Å². The van der Waals surface area contributed by atoms with Gasteiger partial charge in [-0.3, -0.25) is 5.10 Å². The van der Waals surface area contributed by atoms with Crippen molar-refractivity contribution < 1.29 is 5.11 Å². The summed E-state index contributed by atoms with van der Waals surface area (Å²) in [6.07, 6.45) is 4.36. The van der Waals surface area contributed by atoms with Crippen molar-refractivity contribution in [3.8, 4) is 0 Å². The lowest BCUT2D eigenvalue weighted by Gasteiger charge is -2.28. The van der Waals surface area contributed by atoms with Crippen LogP contribution in [0.2, 0.25) is 10.0 Å². The van der Waals surface area contributed by atoms with E-state index in [1.165, 1.54) is 30.7 Å². The second-order valence-corrected chi connectivity index (χ2v) is 6.64. The largest absolute Gasteiger partial charge is 0.382 e. The third kappa shape index (κ3) is 3.84. The Kier molecular flexibility index (Phi) is 4.86. The van der Waals surface area contributed by atoms with E-state index in [0.29, 0.717) is 26.5 Å². The van der Waals surface area contributed by atoms with Gasteiger partial charge < -0.3 is 5.11 Å². The second kappa shape index (κ2) is 6.88. The number of nitrogens with zero attached hydrogens (tertiary/aromatic N) is 5. The van der Waals surface area contributed by atoms with E-state index in [9.17, 15) is 5.11 Å². The Bertz CT molecular complexity index is 767. The fraction of sp³-hybridized carbons (Fsp3) is 0.231. The van der Waals surface area contributed by atoms with Gasteiger partial charge in [0.25, 0.3) is 0 Å². The van der Waals surface area contributed by atoms with Gasteiger partial charge in [-0.2, -0.15) is 10.2 Å². The van der Waals surface area contributed by atoms with Crippen LogP contribution in [-0.2, 0) is 12.1 Å². The molecule has 0 amide bonds. The number of aromatic amines is 1. The third-order valence-corrected chi connectivity index (χ3v) is 4.80. The van der Waals surface area contributed by atoms with Gasteiger partial charge >= 0.3 is 0 Å². The number of hydrogen-bond acceptors (Lipinski definition) is 6. The standard InChI is InChI=1S/C13H12Cl2N6OS/c14-9-1-2-10(11(15)3-9)13(22,4-21-8-16-6-19-21)5-23-12-17-7-18-20-12/h1-3,6-8,22H,4-5H2,(H,17,18,20). The zero-order valence-corrected chi connectivity index (χ0v) is 14.1. The third-order valence-electron chi connectivity index (χ3n) is 3.16. The molecule has 0 radical (unpaired) electrons. The molecule has 10 heteroatoms. The summed E-state index contributed by atoms with van der Waals surface area (Å²) in [5, 5.41) is 23.3. The Morgan fingerprint density at radius 1 is 1.30 bits per heavy atom. The maximum atomic E-state index is 11.2. The van der Waals surface area contributed by atoms with Crippen LogP contribution in [-0.4, -0.2) is 40.8 Å². The topological polar surface area (TPSA) is 92.5 Å². The Hall–Kier alpha value is -1.61. The molecule has 3 rings (SSSR count). The van der Waals surface area contributed by atoms with Crippen LogP contribution in [0.4, 0.5) is 0 Å². The summed E-state index contributed by atoms with van der Waals surface area (Å²) in [4.78, 5) is 7.94. The highest BCUT2D eigenvalue weighted by Crippen LogP contribution is 2.35. The van der Waals surface area contributed by atoms with Crippen molar-refractivity contribution in [1.29, 1.82) is 0 Å². The first-order chi connectivity index (χ1) is 11.1. The molecular weight excluding hydrogens is 359 g/mol. The lowest BCUT2D eigenvalue weighted by atomic mass is 9.95. The highest BCUT2D eigenvalue weighted by atomic mass is 35.5. The molecule has 0 saturated carbocycles. The van der Waals surface area contributed by atoms with E-state index in [4.69, 9.17) is 23.2 Å². The second-order valence-electron chi connectivity index (χ2n) is 4.83. The summed E-state index contributed by atoms with van der Waals surface area (Å²) in [6, 6.07) is 5.00. The van der Waals surface area contributed by atoms with Gasteiger partial charge in [0.05, 0.1) is 6.54 Å². The molecule has 1 atom stereocenters. The van der Waals surface area contributed by atoms with Crippen LogP contribution in [0.25, 0.3) is 0 Å². The average Bonchev–Trinajstić information content (AvgIpc) is 3.18. The summed E-state index contributed by atoms with van der Waals surface area (Å²) in [5.41, 5.74) is -0.724. The number of H-pyrrole nitrogens is 1. The van der Waals surface area contributed by atoms with E-state index >= 15 is 0 Å². The van der Waals surface area contributed by atoms with Crippen LogP contribution in [0.3, 0.4) is 0 Å². The Labute approximate surface area is 146 Å². The highest BCUT2D eigenvalue weighted by molar-refractivity contribution is 7.99. The minimum atomic E-state index is -1.28. The van der Waals surface area contributed by atoms with Crippen molar-refractivity contribution in [3.63, 3.8) is 0 Å². The SMILES string of the molecule is OC(CSc1ncn[nH]1)(Cn1cncn1)c1ccc(Cl)cc1Cl. The maximum Gasteiger partial charge on any atom is 0.183 e. The summed E-state index contributed by atoms with van der Waals surface area (Å²) in [6.45, 7) is 0.190. The van der Waals surface area contributed by atoms with E-state index in [0.717, 1.165) is 0 Å². The number of benzene rings is 1. The molecule has 3 aromatic rings. The number of rotatable bonds is 6. The first-order valence-corrected chi connectivity index (χ1v) is 8.29. The maximum absolute atomic E-state index is 11.2. The molecule has 0 aliphatic heterocycles. The van der Waals surface area contributed by atoms with Gasteiger partial charge in [-0.25, -0.2) is 14.6 Å². The van der Waals surface area contributed by atoms with Crippen molar-refractivity contribution in [3.05, 3.63) is 52.8 Å². The van der Waals surface area contributed by atoms with E-state index in [1.807, 2.05) is 0 Å². The molecular formula is C13H12Cl2N6OS. The molecule has 0 saturated heterocycles. The predicted molar refractivity (Wildman–Crippen MR) is 87.5 cm³/mol. The highest BCUT2D eigenvalue weighted by Gasteiger charge is 2.33. The number of aliphatic hydroxyl groups is 1. The van der Waals surface area contributed by atoms with Crippen molar-refractivity contribution in [1.82, 2.24) is 29.9 Å². The molecule has 2 N–H and O–H groups in total. The molecule has 0 aliphatic carbocycles. The van der Waals surface area contributed by atoms with E-state index in [-0.39, 0.29) is 6.54 Å². The minimum absolute atomic E-state index is 0.190. The monoisotopic (exact) mass is 370 g/mol. The fourth-order valence-electron chi connectivity index (χ4n) is 2.11. The van der Waals surface area contributed by atoms with Crippen LogP contribution in [0, 0.1) is 0 Å². The summed E-state index contributed by atoms with van der Waals surface area (Å²) >= 11 is 13.6. The summed E-state index contributed by atoms with van der Waals surface area (Å²) in [7, 11) is 0. The molecule has 0 fully saturated rings. The van der Waals surface area contributed by atoms with Gasteiger partial charge in [-0.05, 0) is 12.1 Å². The zero-order chi connectivity index (χ0) is 16.3. The van der Waals surface area contributed by atoms with E-state index in [2.05, 4.69) is 25.3 Å². The molecule has 2 aromatic heterocycles. The van der Waals surface area contributed by atoms with Crippen LogP contribution >= 0.6 is 35.0 Å². The smallest absolute Gasteiger partial charge is 0.183 e. The Morgan fingerprint density at radius 2 is 2.17 bits per heavy atom. The molecule has 0 spiro atoms. The van der Waals surface area contributed by atoms with Crippen LogP contribution < -0.4 is 0 Å². The van der Waals surface area contributed by atoms with Gasteiger partial charge in [0.15, 0.2) is 5.16 Å². The molecule has 0 aliphatic rings. The fourth-order valence-corrected chi connectivity index (χ4v) is 3.55. The molecule has 7 nitrogen and oxygen atoms in total. The molecule has 2 heterocycles. The van der Waals surface area contributed by atoms with Crippen molar-refractivity contribution in [2.75, 3.05) is 5.75 Å². The predicted octanol–water partition coefficient (Wildman–Crippen LogP) is 2.38. The molecule has 1 unspecified atom stereocenters. The van der Waals surface area contributed by atoms with Gasteiger partial charge in [0.1, 0.15) is 24.6 Å². The van der Waals surface area contributed by atoms with Crippen LogP contribution in [0.15, 0.2) is 42.3 Å². The minimum Gasteiger partial charge on any atom is -0.382 e. The number of thioether (sulfide) groups is 1. The van der Waals surface area contributed by atoms with Gasteiger partial charge in [-0.1, -0.05) is 41.0 Å². The van der Waals surface area contributed by atoms with Crippen LogP contribution in [0.1, 0.15) is 5.56 Å². The first kappa shape index (κ1) is 16.3. The number of hydrogen-bond donors (Lipinski definition) is 2. The van der Waals surface area contributed by atoms with E-state index in [1.54, 1.807) is 22.9 Å². The lowest BCUT2D eigenvalue weighted by Crippen LogP contribution is -2.35. The molecule has 1 aromatic carbocycles. The number of halogens is 2. The van der Waals surface area contributed by atoms with Crippen molar-refractivity contribution >= 4 is 35.0 Å². The lowest BCUT2D eigenvalue weighted by molar-refractivity contribution is 0.0397. The quantitative estimate of drug-likeness (QED) is 0.647. The van der Waals surface area contributed by atoms with Crippen molar-refractivity contribution in [2.45, 2.75) is 17.3 Å². The molecule has 23 heavy (non-hydrogen) atoms. The summed E-state index contributed by atoms with van der Waals surface area (Å²) in [5.74, 6) is 0.295. The Balaban J connectivity index is 1.91. The van der Waals surface area contributed by atoms with Gasteiger partial charge in [-0.15, -0.1) is 0 Å². The summed E-state index contributed by atoms with van der Waals surface area (Å²) < 4.78 is 1.55. The Morgan fingerprint density at radius 3 is 2.83 bits per heavy atom. The number of aromatic nitrogens is 6. The van der Waals surface area contributed by atoms with Gasteiger partial charge in [0, 0.05) is 21.4 Å². The molecule has 120 valence electrons. The number of nitrogens with one attached hydrogen (secondary N) is 1. The average molecular weight is 371 g/mol. The first-order valence-electron chi connectivity index (χ1n) is 6.55. The normalized spacial score (nSPS) is 13.9. The zero-order valence-electron chi connectivity index (χ0n) is 11.7. The van der Waals surface area contributed by atoms with E-state index < -0.39 is 5.60 Å².